The fraction of sp³-hybridized carbons (Fsp3) is 0.482. The molecule has 0 aliphatic rings. The Kier molecular flexibility index (Phi) is 29.9. The fourth-order valence-corrected chi connectivity index (χ4v) is 8.21. The molecule has 0 saturated heterocycles. The summed E-state index contributed by atoms with van der Waals surface area (Å²) >= 11 is 0. The number of ether oxygens (including phenoxy) is 1. The lowest BCUT2D eigenvalue weighted by Gasteiger charge is -2.31. The van der Waals surface area contributed by atoms with E-state index in [-0.39, 0.29) is 44.8 Å². The third-order valence-electron chi connectivity index (χ3n) is 12.9. The van der Waals surface area contributed by atoms with Crippen molar-refractivity contribution in [2.75, 3.05) is 26.3 Å². The first-order chi connectivity index (χ1) is 40.3. The highest BCUT2D eigenvalue weighted by Gasteiger charge is 2.39. The normalized spacial score (nSPS) is 15.0. The van der Waals surface area contributed by atoms with Crippen molar-refractivity contribution in [2.24, 2.45) is 23.3 Å². The molecule has 0 spiro atoms. The molecule has 0 heterocycles. The predicted molar refractivity (Wildman–Crippen MR) is 307 cm³/mol. The highest BCUT2D eigenvalue weighted by atomic mass is 16.5. The summed E-state index contributed by atoms with van der Waals surface area (Å²) in [6.45, 7) is 4.71. The molecule has 0 fully saturated rings. The predicted octanol–water partition coefficient (Wildman–Crippen LogP) is -3.49. The number of rotatable bonds is 35. The van der Waals surface area contributed by atoms with Crippen LogP contribution in [0.25, 0.3) is 0 Å². The number of alkyl carbamates (subject to hydrolysis) is 1. The van der Waals surface area contributed by atoms with E-state index in [1.54, 1.807) is 119 Å². The van der Waals surface area contributed by atoms with Gasteiger partial charge in [-0.25, -0.2) is 9.59 Å². The average molecular weight is 1190 g/mol. The van der Waals surface area contributed by atoms with Crippen LogP contribution >= 0.6 is 0 Å². The number of carboxylic acids is 1. The second kappa shape index (κ2) is 36.1. The fourth-order valence-electron chi connectivity index (χ4n) is 8.21. The van der Waals surface area contributed by atoms with Crippen molar-refractivity contribution in [1.29, 1.82) is 5.41 Å². The number of aliphatic hydroxyl groups excluding tert-OH is 4. The molecule has 3 rings (SSSR count). The second-order valence-electron chi connectivity index (χ2n) is 20.7. The van der Waals surface area contributed by atoms with Crippen LogP contribution in [0.1, 0.15) is 76.6 Å². The van der Waals surface area contributed by atoms with E-state index >= 15 is 0 Å². The summed E-state index contributed by atoms with van der Waals surface area (Å²) in [5.41, 5.74) is 13.6. The molecular formula is C56H81N13O16. The van der Waals surface area contributed by atoms with Crippen molar-refractivity contribution in [3.63, 3.8) is 0 Å². The molecule has 9 amide bonds. The summed E-state index contributed by atoms with van der Waals surface area (Å²) in [7, 11) is 0. The third kappa shape index (κ3) is 24.5. The smallest absolute Gasteiger partial charge is 0.408 e. The van der Waals surface area contributed by atoms with Gasteiger partial charge in [-0.1, -0.05) is 119 Å². The first-order valence-electron chi connectivity index (χ1n) is 27.4. The number of carbonyl (C=O) groups is 10. The molecule has 0 bridgehead atoms. The Bertz CT molecular complexity index is 2690. The van der Waals surface area contributed by atoms with Gasteiger partial charge in [0.05, 0.1) is 38.0 Å². The monoisotopic (exact) mass is 1190 g/mol. The molecular weight excluding hydrogens is 1110 g/mol. The van der Waals surface area contributed by atoms with E-state index < -0.39 is 158 Å². The second-order valence-corrected chi connectivity index (χ2v) is 20.7. The van der Waals surface area contributed by atoms with Crippen LogP contribution in [0.15, 0.2) is 91.0 Å². The molecule has 29 nitrogen and oxygen atoms in total. The van der Waals surface area contributed by atoms with E-state index in [2.05, 4.69) is 47.9 Å². The summed E-state index contributed by atoms with van der Waals surface area (Å²) in [6.07, 6.45) is -4.65. The first-order valence-corrected chi connectivity index (χ1v) is 27.4. The van der Waals surface area contributed by atoms with Crippen molar-refractivity contribution in [1.82, 2.24) is 53.2 Å². The van der Waals surface area contributed by atoms with Gasteiger partial charge in [0.2, 0.25) is 47.3 Å². The number of hydrogen-bond donors (Lipinski definition) is 18. The maximum absolute atomic E-state index is 14.5. The standard InChI is InChI=1S/C56H81N13O16/c1-30(2)24-37(65-53(81)45(46(74)31(3)4)68-52(80)44(42(57)35-20-13-8-14-21-35)69-56(84)85-29-34-18-11-7-12-19-34)48(76)63-36(22-15-23-60-55(58)59)47(75)64-38(25-33-16-9-6-10-17-33)49(77)67-43(32(5)72)51(79)61-26-41(73)62-39(27-70)50(78)66-40(28-71)54(82)83/h6-14,16-21,30-32,36-40,42-46,70-72,74H,15,22-29,57H2,1-5H3,(H,61,79)(H,62,73)(H,63,76)(H,64,75)(H,65,81)(H,66,78)(H,67,77)(H,68,80)(H,69,84)(H,82,83)(H4,58,59,60)/t32-,36+,37-,38-,39-,40-,42+,43-,44-,45-,46+/m0/s1. The summed E-state index contributed by atoms with van der Waals surface area (Å²) < 4.78 is 5.39. The Balaban J connectivity index is 1.92. The molecule has 466 valence electrons. The molecule has 0 radical (unpaired) electrons. The van der Waals surface area contributed by atoms with Gasteiger partial charge in [0, 0.05) is 13.0 Å². The highest BCUT2D eigenvalue weighted by Crippen LogP contribution is 2.17. The van der Waals surface area contributed by atoms with E-state index in [9.17, 15) is 68.4 Å². The van der Waals surface area contributed by atoms with Crippen LogP contribution in [-0.4, -0.2) is 178 Å². The summed E-state index contributed by atoms with van der Waals surface area (Å²) in [6, 6.07) is 10.9. The van der Waals surface area contributed by atoms with Gasteiger partial charge in [0.1, 0.15) is 54.9 Å². The van der Waals surface area contributed by atoms with Crippen molar-refractivity contribution in [2.45, 2.75) is 133 Å². The zero-order valence-corrected chi connectivity index (χ0v) is 47.9. The zero-order valence-electron chi connectivity index (χ0n) is 47.9. The molecule has 0 aromatic heterocycles. The number of aliphatic hydroxyl groups is 4. The van der Waals surface area contributed by atoms with Gasteiger partial charge in [-0.2, -0.15) is 0 Å². The molecule has 3 aromatic carbocycles. The van der Waals surface area contributed by atoms with Crippen molar-refractivity contribution < 1.29 is 78.2 Å². The molecule has 0 aliphatic carbocycles. The maximum atomic E-state index is 14.5. The first kappa shape index (κ1) is 70.5. The number of benzene rings is 3. The van der Waals surface area contributed by atoms with Crippen LogP contribution in [0.2, 0.25) is 0 Å². The van der Waals surface area contributed by atoms with Gasteiger partial charge in [0.15, 0.2) is 5.96 Å². The van der Waals surface area contributed by atoms with Gasteiger partial charge in [-0.3, -0.25) is 43.8 Å². The summed E-state index contributed by atoms with van der Waals surface area (Å²) in [4.78, 5) is 135. The highest BCUT2D eigenvalue weighted by molar-refractivity contribution is 5.98. The minimum atomic E-state index is -1.80. The lowest BCUT2D eigenvalue weighted by atomic mass is 9.95. The number of guanidine groups is 1. The van der Waals surface area contributed by atoms with E-state index in [4.69, 9.17) is 26.7 Å². The van der Waals surface area contributed by atoms with E-state index in [0.717, 1.165) is 6.92 Å². The minimum Gasteiger partial charge on any atom is -0.480 e. The van der Waals surface area contributed by atoms with Crippen molar-refractivity contribution >= 4 is 65.3 Å². The van der Waals surface area contributed by atoms with Gasteiger partial charge in [-0.15, -0.1) is 0 Å². The van der Waals surface area contributed by atoms with E-state index in [0.29, 0.717) is 16.7 Å². The lowest BCUT2D eigenvalue weighted by molar-refractivity contribution is -0.143. The molecule has 0 unspecified atom stereocenters. The van der Waals surface area contributed by atoms with E-state index in [1.165, 1.54) is 0 Å². The molecule has 0 aliphatic heterocycles. The van der Waals surface area contributed by atoms with Crippen LogP contribution < -0.4 is 64.6 Å². The summed E-state index contributed by atoms with van der Waals surface area (Å²) in [5, 5.41) is 81.9. The lowest BCUT2D eigenvalue weighted by Crippen LogP contribution is -2.63. The number of hydrogen-bond acceptors (Lipinski definition) is 17. The van der Waals surface area contributed by atoms with Crippen LogP contribution in [0.4, 0.5) is 4.79 Å². The molecule has 3 aromatic rings. The topological polar surface area (TPSA) is 477 Å². The van der Waals surface area contributed by atoms with Crippen LogP contribution in [0.3, 0.4) is 0 Å². The van der Waals surface area contributed by atoms with E-state index in [1.807, 2.05) is 5.32 Å². The van der Waals surface area contributed by atoms with Crippen LogP contribution in [0.5, 0.6) is 0 Å². The molecule has 11 atom stereocenters. The maximum Gasteiger partial charge on any atom is 0.408 e. The number of carboxylic acid groups (broad SMARTS) is 1. The Hall–Kier alpha value is -8.77. The Morgan fingerprint density at radius 3 is 1.59 bits per heavy atom. The number of amides is 9. The van der Waals surface area contributed by atoms with Crippen LogP contribution in [-0.2, 0) is 60.9 Å². The van der Waals surface area contributed by atoms with Crippen LogP contribution in [0, 0.1) is 17.2 Å². The largest absolute Gasteiger partial charge is 0.480 e. The van der Waals surface area contributed by atoms with Gasteiger partial charge < -0.3 is 94.9 Å². The Labute approximate surface area is 491 Å². The number of aliphatic carboxylic acids is 1. The Morgan fingerprint density at radius 2 is 1.05 bits per heavy atom. The molecule has 20 N–H and O–H groups in total. The van der Waals surface area contributed by atoms with Crippen molar-refractivity contribution in [3.05, 3.63) is 108 Å². The minimum absolute atomic E-state index is 0.0318. The molecule has 29 heteroatoms. The number of nitrogens with one attached hydrogen (secondary N) is 11. The molecule has 0 saturated carbocycles. The van der Waals surface area contributed by atoms with Gasteiger partial charge in [0.25, 0.3) is 0 Å². The summed E-state index contributed by atoms with van der Waals surface area (Å²) in [5.74, 6) is -11.3. The number of nitrogens with two attached hydrogens (primary N) is 2. The quantitative estimate of drug-likeness (QED) is 0.0154. The third-order valence-corrected chi connectivity index (χ3v) is 12.9. The molecule has 85 heavy (non-hydrogen) atoms. The van der Waals surface area contributed by atoms with Gasteiger partial charge in [-0.05, 0) is 54.7 Å². The Morgan fingerprint density at radius 1 is 0.553 bits per heavy atom. The number of carbonyl (C=O) groups excluding carboxylic acids is 9. The zero-order chi connectivity index (χ0) is 63.3. The van der Waals surface area contributed by atoms with Crippen molar-refractivity contribution in [3.8, 4) is 0 Å². The SMILES string of the molecule is CC(C)C[C@H](NC(=O)[C@@H](NC(=O)[C@@H](NC(=O)OCc1ccccc1)[C@H](N)c1ccccc1)[C@H](O)C(C)C)C(=O)N[C@H](CCCNC(=N)N)C(=O)N[C@@H](Cc1ccccc1)C(=O)N[C@H](C(=O)NCC(=O)N[C@@H](CO)C(=O)N[C@@H](CO)C(=O)O)[C@H](C)O. The average Bonchev–Trinajstić information content (AvgIpc) is 3.54. The van der Waals surface area contributed by atoms with Gasteiger partial charge >= 0.3 is 12.1 Å².